The molecule has 2 rings (SSSR count). The third-order valence-corrected chi connectivity index (χ3v) is 4.35. The summed E-state index contributed by atoms with van der Waals surface area (Å²) in [6, 6.07) is 4.36. The average molecular weight is 261 g/mol. The lowest BCUT2D eigenvalue weighted by Crippen LogP contribution is -2.43. The molecule has 1 aliphatic rings. The molecule has 0 spiro atoms. The van der Waals surface area contributed by atoms with Gasteiger partial charge in [-0.3, -0.25) is 0 Å². The van der Waals surface area contributed by atoms with E-state index in [0.717, 1.165) is 31.4 Å². The van der Waals surface area contributed by atoms with Crippen molar-refractivity contribution in [2.75, 3.05) is 24.5 Å². The molecule has 2 heterocycles. The van der Waals surface area contributed by atoms with Gasteiger partial charge in [-0.25, -0.2) is 4.98 Å². The number of hydrogen-bond donors (Lipinski definition) is 1. The maximum Gasteiger partial charge on any atom is 0.128 e. The molecule has 3 heteroatoms. The summed E-state index contributed by atoms with van der Waals surface area (Å²) in [5.74, 6) is 2.42. The highest BCUT2D eigenvalue weighted by atomic mass is 15.2. The van der Waals surface area contributed by atoms with Crippen LogP contribution in [0.4, 0.5) is 5.82 Å². The van der Waals surface area contributed by atoms with Crippen LogP contribution in [0, 0.1) is 11.8 Å². The number of aromatic nitrogens is 1. The molecule has 2 N–H and O–H groups in total. The van der Waals surface area contributed by atoms with Gasteiger partial charge in [0.05, 0.1) is 0 Å². The molecule has 0 bridgehead atoms. The van der Waals surface area contributed by atoms with Gasteiger partial charge in [-0.15, -0.1) is 0 Å². The molecule has 0 amide bonds. The fraction of sp³-hybridized carbons (Fsp3) is 0.688. The maximum atomic E-state index is 5.87. The van der Waals surface area contributed by atoms with Crippen LogP contribution in [0.5, 0.6) is 0 Å². The van der Waals surface area contributed by atoms with Gasteiger partial charge in [-0.2, -0.15) is 0 Å². The fourth-order valence-corrected chi connectivity index (χ4v) is 2.68. The number of rotatable bonds is 2. The van der Waals surface area contributed by atoms with E-state index >= 15 is 0 Å². The van der Waals surface area contributed by atoms with E-state index in [1.54, 1.807) is 0 Å². The largest absolute Gasteiger partial charge is 0.356 e. The molecule has 0 saturated carbocycles. The smallest absolute Gasteiger partial charge is 0.128 e. The Hall–Kier alpha value is -1.09. The van der Waals surface area contributed by atoms with Crippen molar-refractivity contribution < 1.29 is 0 Å². The van der Waals surface area contributed by atoms with Gasteiger partial charge in [0.2, 0.25) is 0 Å². The molecule has 3 nitrogen and oxygen atoms in total. The van der Waals surface area contributed by atoms with E-state index in [1.807, 2.05) is 6.20 Å². The van der Waals surface area contributed by atoms with E-state index in [9.17, 15) is 0 Å². The number of pyridine rings is 1. The second kappa shape index (κ2) is 5.49. The summed E-state index contributed by atoms with van der Waals surface area (Å²) in [5, 5.41) is 0. The Kier molecular flexibility index (Phi) is 4.14. The minimum Gasteiger partial charge on any atom is -0.356 e. The molecule has 2 unspecified atom stereocenters. The lowest BCUT2D eigenvalue weighted by Gasteiger charge is -2.37. The first-order chi connectivity index (χ1) is 8.91. The van der Waals surface area contributed by atoms with Crippen molar-refractivity contribution in [3.05, 3.63) is 23.9 Å². The highest BCUT2D eigenvalue weighted by Crippen LogP contribution is 2.27. The van der Waals surface area contributed by atoms with E-state index in [-0.39, 0.29) is 5.41 Å². The van der Waals surface area contributed by atoms with E-state index in [0.29, 0.717) is 5.92 Å². The van der Waals surface area contributed by atoms with E-state index in [4.69, 9.17) is 5.73 Å². The average Bonchev–Trinajstić information content (AvgIpc) is 2.38. The number of hydrogen-bond acceptors (Lipinski definition) is 3. The summed E-state index contributed by atoms with van der Waals surface area (Å²) in [6.07, 6.45) is 3.23. The van der Waals surface area contributed by atoms with Gasteiger partial charge in [-0.05, 0) is 41.8 Å². The molecule has 1 aliphatic heterocycles. The van der Waals surface area contributed by atoms with Gasteiger partial charge in [0, 0.05) is 19.3 Å². The van der Waals surface area contributed by atoms with Crippen LogP contribution < -0.4 is 10.6 Å². The van der Waals surface area contributed by atoms with Crippen molar-refractivity contribution in [2.45, 2.75) is 39.5 Å². The monoisotopic (exact) mass is 261 g/mol. The number of nitrogens with zero attached hydrogens (tertiary/aromatic N) is 2. The first-order valence-electron chi connectivity index (χ1n) is 7.33. The third kappa shape index (κ3) is 3.27. The van der Waals surface area contributed by atoms with Crippen molar-refractivity contribution in [2.24, 2.45) is 17.6 Å². The van der Waals surface area contributed by atoms with Crippen LogP contribution in [0.1, 0.15) is 39.7 Å². The molecule has 1 saturated heterocycles. The van der Waals surface area contributed by atoms with E-state index in [2.05, 4.69) is 49.7 Å². The van der Waals surface area contributed by atoms with Crippen LogP contribution >= 0.6 is 0 Å². The zero-order valence-corrected chi connectivity index (χ0v) is 12.7. The SMILES string of the molecule is CC1CCN(c2ccc(C(C)(C)C)cn2)CC1CN. The molecular weight excluding hydrogens is 234 g/mol. The van der Waals surface area contributed by atoms with Crippen molar-refractivity contribution >= 4 is 5.82 Å². The Labute approximate surface area is 117 Å². The summed E-state index contributed by atoms with van der Waals surface area (Å²) in [6.45, 7) is 11.9. The van der Waals surface area contributed by atoms with Gasteiger partial charge in [0.25, 0.3) is 0 Å². The molecule has 106 valence electrons. The summed E-state index contributed by atoms with van der Waals surface area (Å²) < 4.78 is 0. The first kappa shape index (κ1) is 14.3. The zero-order chi connectivity index (χ0) is 14.0. The Bertz CT molecular complexity index is 405. The van der Waals surface area contributed by atoms with Gasteiger partial charge in [0.15, 0.2) is 0 Å². The van der Waals surface area contributed by atoms with E-state index < -0.39 is 0 Å². The van der Waals surface area contributed by atoms with Crippen molar-refractivity contribution in [3.8, 4) is 0 Å². The van der Waals surface area contributed by atoms with Crippen LogP contribution in [0.2, 0.25) is 0 Å². The van der Waals surface area contributed by atoms with Crippen molar-refractivity contribution in [1.29, 1.82) is 0 Å². The first-order valence-corrected chi connectivity index (χ1v) is 7.33. The Balaban J connectivity index is 2.10. The molecular formula is C16H27N3. The third-order valence-electron chi connectivity index (χ3n) is 4.35. The number of nitrogens with two attached hydrogens (primary N) is 1. The van der Waals surface area contributed by atoms with Crippen LogP contribution in [0.15, 0.2) is 18.3 Å². The molecule has 0 radical (unpaired) electrons. The second-order valence-electron chi connectivity index (χ2n) is 6.86. The van der Waals surface area contributed by atoms with Gasteiger partial charge < -0.3 is 10.6 Å². The Morgan fingerprint density at radius 3 is 2.63 bits per heavy atom. The molecule has 1 aromatic heterocycles. The van der Waals surface area contributed by atoms with Crippen molar-refractivity contribution in [1.82, 2.24) is 4.98 Å². The van der Waals surface area contributed by atoms with Crippen LogP contribution in [-0.4, -0.2) is 24.6 Å². The van der Waals surface area contributed by atoms with Gasteiger partial charge in [-0.1, -0.05) is 33.8 Å². The molecule has 2 atom stereocenters. The number of piperidine rings is 1. The molecule has 0 aromatic carbocycles. The number of anilines is 1. The Morgan fingerprint density at radius 2 is 2.11 bits per heavy atom. The second-order valence-corrected chi connectivity index (χ2v) is 6.86. The predicted octanol–water partition coefficient (Wildman–Crippen LogP) is 2.80. The normalized spacial score (nSPS) is 24.6. The summed E-state index contributed by atoms with van der Waals surface area (Å²) in [4.78, 5) is 7.03. The Morgan fingerprint density at radius 1 is 1.37 bits per heavy atom. The summed E-state index contributed by atoms with van der Waals surface area (Å²) >= 11 is 0. The lowest BCUT2D eigenvalue weighted by molar-refractivity contribution is 0.307. The molecule has 19 heavy (non-hydrogen) atoms. The van der Waals surface area contributed by atoms with Crippen LogP contribution in [0.25, 0.3) is 0 Å². The minimum absolute atomic E-state index is 0.168. The highest BCUT2D eigenvalue weighted by Gasteiger charge is 2.26. The topological polar surface area (TPSA) is 42.2 Å². The zero-order valence-electron chi connectivity index (χ0n) is 12.7. The highest BCUT2D eigenvalue weighted by molar-refractivity contribution is 5.41. The minimum atomic E-state index is 0.168. The van der Waals surface area contributed by atoms with Gasteiger partial charge >= 0.3 is 0 Å². The predicted molar refractivity (Wildman–Crippen MR) is 81.5 cm³/mol. The fourth-order valence-electron chi connectivity index (χ4n) is 2.68. The summed E-state index contributed by atoms with van der Waals surface area (Å²) in [5.41, 5.74) is 7.33. The quantitative estimate of drug-likeness (QED) is 0.890. The molecule has 1 aromatic rings. The standard InChI is InChI=1S/C16H27N3/c1-12-7-8-19(11-13(12)9-17)15-6-5-14(10-18-15)16(2,3)4/h5-6,10,12-13H,7-9,11,17H2,1-4H3. The van der Waals surface area contributed by atoms with Crippen LogP contribution in [-0.2, 0) is 5.41 Å². The van der Waals surface area contributed by atoms with E-state index in [1.165, 1.54) is 12.0 Å². The van der Waals surface area contributed by atoms with Crippen molar-refractivity contribution in [3.63, 3.8) is 0 Å². The van der Waals surface area contributed by atoms with Gasteiger partial charge in [0.1, 0.15) is 5.82 Å². The lowest BCUT2D eigenvalue weighted by atomic mass is 9.87. The van der Waals surface area contributed by atoms with Crippen LogP contribution in [0.3, 0.4) is 0 Å². The maximum absolute atomic E-state index is 5.87. The molecule has 1 fully saturated rings. The molecule has 0 aliphatic carbocycles. The summed E-state index contributed by atoms with van der Waals surface area (Å²) in [7, 11) is 0.